The van der Waals surface area contributed by atoms with E-state index in [2.05, 4.69) is 4.98 Å². The van der Waals surface area contributed by atoms with Crippen LogP contribution in [0.15, 0.2) is 36.5 Å². The van der Waals surface area contributed by atoms with E-state index in [0.29, 0.717) is 17.8 Å². The van der Waals surface area contributed by atoms with Crippen molar-refractivity contribution in [2.75, 3.05) is 13.7 Å². The molecule has 0 radical (unpaired) electrons. The van der Waals surface area contributed by atoms with Crippen LogP contribution in [0.5, 0.6) is 5.75 Å². The summed E-state index contributed by atoms with van der Waals surface area (Å²) in [5.74, 6) is 0.755. The number of likely N-dealkylation sites (tertiary alicyclic amines) is 1. The molecule has 5 nitrogen and oxygen atoms in total. The molecule has 5 heteroatoms. The summed E-state index contributed by atoms with van der Waals surface area (Å²) in [7, 11) is 1.64. The maximum Gasteiger partial charge on any atom is 0.255 e. The molecule has 2 heterocycles. The number of para-hydroxylation sites is 1. The van der Waals surface area contributed by atoms with Gasteiger partial charge in [0.1, 0.15) is 17.5 Å². The standard InChI is InChI=1S/C17H17N3O2/c1-22-16-7-3-2-5-14(16)15-6-4-8-20(15)17(21)12-9-13(10-18)19-11-12/h2-3,5,7,9,11,15,19H,4,6,8H2,1H3. The molecule has 2 aromatic rings. The van der Waals surface area contributed by atoms with Gasteiger partial charge in [0, 0.05) is 18.3 Å². The van der Waals surface area contributed by atoms with Crippen molar-refractivity contribution < 1.29 is 9.53 Å². The number of aromatic amines is 1. The van der Waals surface area contributed by atoms with Gasteiger partial charge in [0.25, 0.3) is 5.91 Å². The predicted molar refractivity (Wildman–Crippen MR) is 81.5 cm³/mol. The normalized spacial score (nSPS) is 17.3. The number of carbonyl (C=O) groups is 1. The van der Waals surface area contributed by atoms with Crippen LogP contribution in [0.2, 0.25) is 0 Å². The Morgan fingerprint density at radius 1 is 1.45 bits per heavy atom. The maximum atomic E-state index is 12.7. The zero-order chi connectivity index (χ0) is 15.5. The van der Waals surface area contributed by atoms with Crippen molar-refractivity contribution >= 4 is 5.91 Å². The molecule has 0 saturated carbocycles. The number of hydrogen-bond acceptors (Lipinski definition) is 3. The molecule has 112 valence electrons. The SMILES string of the molecule is COc1ccccc1C1CCCN1C(=O)c1c[nH]c(C#N)c1. The van der Waals surface area contributed by atoms with Crippen LogP contribution in [-0.2, 0) is 0 Å². The first-order chi connectivity index (χ1) is 10.7. The molecule has 1 aromatic carbocycles. The van der Waals surface area contributed by atoms with Crippen molar-refractivity contribution in [3.05, 3.63) is 53.3 Å². The molecule has 1 aliphatic heterocycles. The molecule has 1 N–H and O–H groups in total. The van der Waals surface area contributed by atoms with Crippen molar-refractivity contribution in [1.29, 1.82) is 5.26 Å². The Hall–Kier alpha value is -2.74. The number of H-pyrrole nitrogens is 1. The third kappa shape index (κ3) is 2.44. The van der Waals surface area contributed by atoms with Gasteiger partial charge in [0.2, 0.25) is 0 Å². The van der Waals surface area contributed by atoms with E-state index in [-0.39, 0.29) is 11.9 Å². The second-order valence-corrected chi connectivity index (χ2v) is 5.31. The molecule has 1 aliphatic rings. The number of ether oxygens (including phenoxy) is 1. The van der Waals surface area contributed by atoms with Gasteiger partial charge in [0.15, 0.2) is 0 Å². The summed E-state index contributed by atoms with van der Waals surface area (Å²) < 4.78 is 5.43. The van der Waals surface area contributed by atoms with Crippen LogP contribution < -0.4 is 4.74 Å². The molecule has 22 heavy (non-hydrogen) atoms. The number of benzene rings is 1. The Balaban J connectivity index is 1.90. The molecule has 0 spiro atoms. The minimum absolute atomic E-state index is 0.0177. The van der Waals surface area contributed by atoms with Crippen molar-refractivity contribution in [1.82, 2.24) is 9.88 Å². The summed E-state index contributed by atoms with van der Waals surface area (Å²) in [6.07, 6.45) is 3.48. The summed E-state index contributed by atoms with van der Waals surface area (Å²) in [6, 6.07) is 11.4. The largest absolute Gasteiger partial charge is 0.496 e. The Bertz CT molecular complexity index is 730. The van der Waals surface area contributed by atoms with Gasteiger partial charge in [-0.1, -0.05) is 18.2 Å². The number of hydrogen-bond donors (Lipinski definition) is 1. The van der Waals surface area contributed by atoms with Gasteiger partial charge in [-0.15, -0.1) is 0 Å². The van der Waals surface area contributed by atoms with Crippen LogP contribution in [0.1, 0.15) is 40.5 Å². The van der Waals surface area contributed by atoms with Gasteiger partial charge in [-0.05, 0) is 25.0 Å². The van der Waals surface area contributed by atoms with Crippen molar-refractivity contribution in [2.24, 2.45) is 0 Å². The van der Waals surface area contributed by atoms with Gasteiger partial charge in [-0.25, -0.2) is 0 Å². The average molecular weight is 295 g/mol. The number of rotatable bonds is 3. The van der Waals surface area contributed by atoms with E-state index in [1.165, 1.54) is 0 Å². The van der Waals surface area contributed by atoms with Gasteiger partial charge in [-0.2, -0.15) is 5.26 Å². The van der Waals surface area contributed by atoms with Crippen LogP contribution in [0, 0.1) is 11.3 Å². The summed E-state index contributed by atoms with van der Waals surface area (Å²) in [5, 5.41) is 8.87. The third-order valence-electron chi connectivity index (χ3n) is 4.06. The average Bonchev–Trinajstić information content (AvgIpc) is 3.23. The lowest BCUT2D eigenvalue weighted by Gasteiger charge is -2.26. The Morgan fingerprint density at radius 2 is 2.27 bits per heavy atom. The highest BCUT2D eigenvalue weighted by Gasteiger charge is 2.32. The second kappa shape index (κ2) is 5.94. The monoisotopic (exact) mass is 295 g/mol. The third-order valence-corrected chi connectivity index (χ3v) is 4.06. The maximum absolute atomic E-state index is 12.7. The van der Waals surface area contributed by atoms with E-state index in [9.17, 15) is 4.79 Å². The number of carbonyl (C=O) groups excluding carboxylic acids is 1. The lowest BCUT2D eigenvalue weighted by atomic mass is 10.0. The highest BCUT2D eigenvalue weighted by Crippen LogP contribution is 2.37. The van der Waals surface area contributed by atoms with Gasteiger partial charge in [0.05, 0.1) is 18.7 Å². The molecule has 0 aliphatic carbocycles. The molecular weight excluding hydrogens is 278 g/mol. The molecule has 1 aromatic heterocycles. The molecule has 1 unspecified atom stereocenters. The summed E-state index contributed by atoms with van der Waals surface area (Å²) in [6.45, 7) is 0.717. The molecule has 1 atom stereocenters. The Labute approximate surface area is 129 Å². The van der Waals surface area contributed by atoms with Crippen LogP contribution in [0.25, 0.3) is 0 Å². The van der Waals surface area contributed by atoms with Crippen LogP contribution in [0.4, 0.5) is 0 Å². The number of methoxy groups -OCH3 is 1. The van der Waals surface area contributed by atoms with Crippen LogP contribution in [0.3, 0.4) is 0 Å². The first-order valence-corrected chi connectivity index (χ1v) is 7.27. The van der Waals surface area contributed by atoms with Crippen LogP contribution >= 0.6 is 0 Å². The highest BCUT2D eigenvalue weighted by atomic mass is 16.5. The Morgan fingerprint density at radius 3 is 3.00 bits per heavy atom. The molecule has 0 bridgehead atoms. The van der Waals surface area contributed by atoms with E-state index in [4.69, 9.17) is 10.00 Å². The fourth-order valence-corrected chi connectivity index (χ4v) is 3.02. The predicted octanol–water partition coefficient (Wildman–Crippen LogP) is 2.87. The zero-order valence-electron chi connectivity index (χ0n) is 12.4. The van der Waals surface area contributed by atoms with E-state index in [0.717, 1.165) is 24.2 Å². The smallest absolute Gasteiger partial charge is 0.255 e. The molecule has 1 fully saturated rings. The first kappa shape index (κ1) is 14.2. The number of aromatic nitrogens is 1. The number of nitrogens with zero attached hydrogens (tertiary/aromatic N) is 2. The van der Waals surface area contributed by atoms with Gasteiger partial charge in [-0.3, -0.25) is 4.79 Å². The molecule has 1 saturated heterocycles. The molecule has 1 amide bonds. The van der Waals surface area contributed by atoms with E-state index >= 15 is 0 Å². The van der Waals surface area contributed by atoms with Crippen molar-refractivity contribution in [3.63, 3.8) is 0 Å². The van der Waals surface area contributed by atoms with Gasteiger partial charge >= 0.3 is 0 Å². The fourth-order valence-electron chi connectivity index (χ4n) is 3.02. The number of nitriles is 1. The van der Waals surface area contributed by atoms with Crippen molar-refractivity contribution in [2.45, 2.75) is 18.9 Å². The number of nitrogens with one attached hydrogen (secondary N) is 1. The van der Waals surface area contributed by atoms with E-state index < -0.39 is 0 Å². The van der Waals surface area contributed by atoms with Gasteiger partial charge < -0.3 is 14.6 Å². The lowest BCUT2D eigenvalue weighted by Crippen LogP contribution is -2.30. The number of amides is 1. The highest BCUT2D eigenvalue weighted by molar-refractivity contribution is 5.95. The minimum atomic E-state index is -0.0499. The van der Waals surface area contributed by atoms with Crippen molar-refractivity contribution in [3.8, 4) is 11.8 Å². The summed E-state index contributed by atoms with van der Waals surface area (Å²) in [4.78, 5) is 17.4. The fraction of sp³-hybridized carbons (Fsp3) is 0.294. The summed E-state index contributed by atoms with van der Waals surface area (Å²) in [5.41, 5.74) is 1.96. The topological polar surface area (TPSA) is 69.1 Å². The van der Waals surface area contributed by atoms with E-state index in [1.807, 2.05) is 35.2 Å². The van der Waals surface area contributed by atoms with E-state index in [1.54, 1.807) is 19.4 Å². The molecule has 3 rings (SSSR count). The molecular formula is C17H17N3O2. The minimum Gasteiger partial charge on any atom is -0.496 e. The quantitative estimate of drug-likeness (QED) is 0.946. The lowest BCUT2D eigenvalue weighted by molar-refractivity contribution is 0.0734. The summed E-state index contributed by atoms with van der Waals surface area (Å²) >= 11 is 0. The second-order valence-electron chi connectivity index (χ2n) is 5.31. The first-order valence-electron chi connectivity index (χ1n) is 7.27. The zero-order valence-corrected chi connectivity index (χ0v) is 12.4. The Kier molecular flexibility index (Phi) is 3.84. The van der Waals surface area contributed by atoms with Crippen LogP contribution in [-0.4, -0.2) is 29.4 Å².